The molecule has 122 valence electrons. The summed E-state index contributed by atoms with van der Waals surface area (Å²) in [5, 5.41) is 9.07. The molecule has 0 fully saturated rings. The zero-order valence-corrected chi connectivity index (χ0v) is 13.3. The Morgan fingerprint density at radius 1 is 1.00 bits per heavy atom. The van der Waals surface area contributed by atoms with E-state index in [2.05, 4.69) is 0 Å². The van der Waals surface area contributed by atoms with Gasteiger partial charge in [-0.1, -0.05) is 18.2 Å². The minimum Gasteiger partial charge on any atom is -0.492 e. The Balaban J connectivity index is 1.84. The van der Waals surface area contributed by atoms with Crippen LogP contribution in [-0.2, 0) is 0 Å². The largest absolute Gasteiger partial charge is 0.492 e. The lowest BCUT2D eigenvalue weighted by atomic mass is 10.3. The SMILES string of the molecule is CC(C)N(CCOc1ccc(Oc2ccccc2)cc1)C(=O)O. The minimum absolute atomic E-state index is 0.0715. The molecule has 0 spiro atoms. The number of rotatable bonds is 7. The summed E-state index contributed by atoms with van der Waals surface area (Å²) < 4.78 is 11.3. The third kappa shape index (κ3) is 5.21. The molecule has 2 rings (SSSR count). The molecule has 0 bridgehead atoms. The number of ether oxygens (including phenoxy) is 2. The molecule has 0 atom stereocenters. The summed E-state index contributed by atoms with van der Waals surface area (Å²) in [6, 6.07) is 16.7. The van der Waals surface area contributed by atoms with Gasteiger partial charge in [0.05, 0.1) is 6.54 Å². The lowest BCUT2D eigenvalue weighted by Crippen LogP contribution is -2.38. The van der Waals surface area contributed by atoms with E-state index in [-0.39, 0.29) is 6.04 Å². The molecule has 0 unspecified atom stereocenters. The van der Waals surface area contributed by atoms with Crippen molar-refractivity contribution in [3.05, 3.63) is 54.6 Å². The van der Waals surface area contributed by atoms with Crippen LogP contribution in [0.1, 0.15) is 13.8 Å². The second-order valence-electron chi connectivity index (χ2n) is 5.30. The van der Waals surface area contributed by atoms with E-state index in [1.165, 1.54) is 4.90 Å². The second kappa shape index (κ2) is 8.08. The summed E-state index contributed by atoms with van der Waals surface area (Å²) in [4.78, 5) is 12.4. The van der Waals surface area contributed by atoms with Crippen molar-refractivity contribution in [2.45, 2.75) is 19.9 Å². The highest BCUT2D eigenvalue weighted by molar-refractivity contribution is 5.65. The molecule has 0 radical (unpaired) electrons. The molecular weight excluding hydrogens is 294 g/mol. The predicted molar refractivity (Wildman–Crippen MR) is 88.3 cm³/mol. The van der Waals surface area contributed by atoms with Gasteiger partial charge < -0.3 is 19.5 Å². The molecule has 23 heavy (non-hydrogen) atoms. The van der Waals surface area contributed by atoms with Crippen LogP contribution in [0.5, 0.6) is 17.2 Å². The summed E-state index contributed by atoms with van der Waals surface area (Å²) in [6.45, 7) is 4.31. The van der Waals surface area contributed by atoms with Crippen LogP contribution >= 0.6 is 0 Å². The number of hydrogen-bond donors (Lipinski definition) is 1. The average Bonchev–Trinajstić information content (AvgIpc) is 2.53. The average molecular weight is 315 g/mol. The normalized spacial score (nSPS) is 10.4. The standard InChI is InChI=1S/C18H21NO4/c1-14(2)19(18(20)21)12-13-22-15-8-10-17(11-9-15)23-16-6-4-3-5-7-16/h3-11,14H,12-13H2,1-2H3,(H,20,21). The van der Waals surface area contributed by atoms with Crippen molar-refractivity contribution in [2.24, 2.45) is 0 Å². The molecule has 0 aliphatic rings. The molecule has 1 N–H and O–H groups in total. The van der Waals surface area contributed by atoms with Crippen molar-refractivity contribution < 1.29 is 19.4 Å². The highest BCUT2D eigenvalue weighted by Crippen LogP contribution is 2.23. The molecular formula is C18H21NO4. The van der Waals surface area contributed by atoms with Crippen LogP contribution in [-0.4, -0.2) is 35.3 Å². The molecule has 2 aromatic carbocycles. The molecule has 5 heteroatoms. The van der Waals surface area contributed by atoms with Gasteiger partial charge >= 0.3 is 6.09 Å². The number of para-hydroxylation sites is 1. The number of hydrogen-bond acceptors (Lipinski definition) is 3. The third-order valence-corrected chi connectivity index (χ3v) is 3.27. The fourth-order valence-electron chi connectivity index (χ4n) is 2.07. The van der Waals surface area contributed by atoms with Crippen molar-refractivity contribution >= 4 is 6.09 Å². The Kier molecular flexibility index (Phi) is 5.86. The molecule has 0 aromatic heterocycles. The smallest absolute Gasteiger partial charge is 0.407 e. The van der Waals surface area contributed by atoms with Gasteiger partial charge in [-0.2, -0.15) is 0 Å². The Morgan fingerprint density at radius 3 is 2.13 bits per heavy atom. The first-order valence-corrected chi connectivity index (χ1v) is 7.51. The summed E-state index contributed by atoms with van der Waals surface area (Å²) >= 11 is 0. The lowest BCUT2D eigenvalue weighted by Gasteiger charge is -2.23. The van der Waals surface area contributed by atoms with E-state index in [9.17, 15) is 4.79 Å². The van der Waals surface area contributed by atoms with Crippen molar-refractivity contribution in [3.8, 4) is 17.2 Å². The predicted octanol–water partition coefficient (Wildman–Crippen LogP) is 4.25. The van der Waals surface area contributed by atoms with Crippen LogP contribution in [0.3, 0.4) is 0 Å². The molecule has 0 aliphatic carbocycles. The van der Waals surface area contributed by atoms with Crippen LogP contribution in [0.25, 0.3) is 0 Å². The van der Waals surface area contributed by atoms with Gasteiger partial charge in [0.1, 0.15) is 23.9 Å². The fraction of sp³-hybridized carbons (Fsp3) is 0.278. The first-order chi connectivity index (χ1) is 11.1. The molecule has 1 amide bonds. The Bertz CT molecular complexity index is 611. The van der Waals surface area contributed by atoms with Gasteiger partial charge in [0.15, 0.2) is 0 Å². The Hall–Kier alpha value is -2.69. The topological polar surface area (TPSA) is 59.0 Å². The molecule has 0 heterocycles. The van der Waals surface area contributed by atoms with Crippen molar-refractivity contribution in [3.63, 3.8) is 0 Å². The van der Waals surface area contributed by atoms with Gasteiger partial charge in [0, 0.05) is 6.04 Å². The van der Waals surface area contributed by atoms with Gasteiger partial charge in [0.25, 0.3) is 0 Å². The number of benzene rings is 2. The summed E-state index contributed by atoms with van der Waals surface area (Å²) in [5.41, 5.74) is 0. The van der Waals surface area contributed by atoms with E-state index in [0.29, 0.717) is 18.9 Å². The molecule has 2 aromatic rings. The Morgan fingerprint density at radius 2 is 1.57 bits per heavy atom. The zero-order valence-electron chi connectivity index (χ0n) is 13.3. The van der Waals surface area contributed by atoms with Crippen LogP contribution in [0, 0.1) is 0 Å². The second-order valence-corrected chi connectivity index (χ2v) is 5.30. The van der Waals surface area contributed by atoms with Crippen molar-refractivity contribution in [2.75, 3.05) is 13.2 Å². The summed E-state index contributed by atoms with van der Waals surface area (Å²) in [5.74, 6) is 2.17. The van der Waals surface area contributed by atoms with Gasteiger partial charge in [-0.25, -0.2) is 4.79 Å². The van der Waals surface area contributed by atoms with E-state index in [0.717, 1.165) is 11.5 Å². The van der Waals surface area contributed by atoms with Gasteiger partial charge in [-0.3, -0.25) is 0 Å². The maximum Gasteiger partial charge on any atom is 0.407 e. The molecule has 0 saturated carbocycles. The number of amides is 1. The third-order valence-electron chi connectivity index (χ3n) is 3.27. The minimum atomic E-state index is -0.935. The molecule has 5 nitrogen and oxygen atoms in total. The van der Waals surface area contributed by atoms with Crippen molar-refractivity contribution in [1.82, 2.24) is 4.90 Å². The van der Waals surface area contributed by atoms with Gasteiger partial charge in [0.2, 0.25) is 0 Å². The number of carbonyl (C=O) groups is 1. The van der Waals surface area contributed by atoms with E-state index in [4.69, 9.17) is 14.6 Å². The summed E-state index contributed by atoms with van der Waals surface area (Å²) in [6.07, 6.45) is -0.935. The van der Waals surface area contributed by atoms with Crippen LogP contribution in [0.4, 0.5) is 4.79 Å². The van der Waals surface area contributed by atoms with Crippen LogP contribution in [0.2, 0.25) is 0 Å². The van der Waals surface area contributed by atoms with E-state index < -0.39 is 6.09 Å². The molecule has 0 aliphatic heterocycles. The van der Waals surface area contributed by atoms with E-state index in [1.54, 1.807) is 12.1 Å². The number of carboxylic acid groups (broad SMARTS) is 1. The van der Waals surface area contributed by atoms with Gasteiger partial charge in [-0.15, -0.1) is 0 Å². The van der Waals surface area contributed by atoms with Gasteiger partial charge in [-0.05, 0) is 50.2 Å². The lowest BCUT2D eigenvalue weighted by molar-refractivity contribution is 0.121. The summed E-state index contributed by atoms with van der Waals surface area (Å²) in [7, 11) is 0. The first kappa shape index (κ1) is 16.7. The highest BCUT2D eigenvalue weighted by Gasteiger charge is 2.14. The van der Waals surface area contributed by atoms with E-state index in [1.807, 2.05) is 56.3 Å². The van der Waals surface area contributed by atoms with Crippen LogP contribution in [0.15, 0.2) is 54.6 Å². The maximum atomic E-state index is 11.1. The maximum absolute atomic E-state index is 11.1. The monoisotopic (exact) mass is 315 g/mol. The van der Waals surface area contributed by atoms with Crippen molar-refractivity contribution in [1.29, 1.82) is 0 Å². The Labute approximate surface area is 136 Å². The quantitative estimate of drug-likeness (QED) is 0.830. The first-order valence-electron chi connectivity index (χ1n) is 7.51. The van der Waals surface area contributed by atoms with Crippen LogP contribution < -0.4 is 9.47 Å². The number of nitrogens with zero attached hydrogens (tertiary/aromatic N) is 1. The zero-order chi connectivity index (χ0) is 16.7. The molecule has 0 saturated heterocycles. The fourth-order valence-corrected chi connectivity index (χ4v) is 2.07. The van der Waals surface area contributed by atoms with E-state index >= 15 is 0 Å². The highest BCUT2D eigenvalue weighted by atomic mass is 16.5.